The van der Waals surface area contributed by atoms with Crippen LogP contribution in [0.4, 0.5) is 17.1 Å². The van der Waals surface area contributed by atoms with E-state index in [-0.39, 0.29) is 0 Å². The van der Waals surface area contributed by atoms with Gasteiger partial charge in [-0.3, -0.25) is 0 Å². The Morgan fingerprint density at radius 1 is 0.472 bits per heavy atom. The van der Waals surface area contributed by atoms with Gasteiger partial charge in [-0.2, -0.15) is 0 Å². The first-order valence-electron chi connectivity index (χ1n) is 19.0. The number of benzene rings is 8. The summed E-state index contributed by atoms with van der Waals surface area (Å²) in [5.74, 6) is 0.464. The lowest BCUT2D eigenvalue weighted by Gasteiger charge is -2.33. The summed E-state index contributed by atoms with van der Waals surface area (Å²) in [5.41, 5.74) is 15.2. The molecule has 0 saturated heterocycles. The van der Waals surface area contributed by atoms with Gasteiger partial charge in [-0.1, -0.05) is 160 Å². The largest absolute Gasteiger partial charge is 0.310 e. The van der Waals surface area contributed by atoms with Crippen LogP contribution < -0.4 is 10.1 Å². The highest BCUT2D eigenvalue weighted by Crippen LogP contribution is 2.65. The van der Waals surface area contributed by atoms with Gasteiger partial charge in [0.1, 0.15) is 0 Å². The van der Waals surface area contributed by atoms with Crippen molar-refractivity contribution in [3.63, 3.8) is 0 Å². The Balaban J connectivity index is 1.34. The SMILES string of the molecule is CC(C)c1ccc(N(c2ccc([Si](C)(C)C)cc2)c2cc3c(c4ccccc24)-c2cc4ccccc4cc2C32c3ccccc3-c3ccccc32)cc1. The number of anilines is 3. The molecule has 53 heavy (non-hydrogen) atoms. The first kappa shape index (κ1) is 32.0. The molecule has 1 nitrogen and oxygen atoms in total. The predicted octanol–water partition coefficient (Wildman–Crippen LogP) is 13.5. The first-order chi connectivity index (χ1) is 25.7. The van der Waals surface area contributed by atoms with Crippen molar-refractivity contribution in [3.8, 4) is 22.3 Å². The van der Waals surface area contributed by atoms with E-state index in [1.807, 2.05) is 0 Å². The highest BCUT2D eigenvalue weighted by molar-refractivity contribution is 6.88. The van der Waals surface area contributed by atoms with Gasteiger partial charge in [0.15, 0.2) is 0 Å². The van der Waals surface area contributed by atoms with E-state index in [1.54, 1.807) is 0 Å². The van der Waals surface area contributed by atoms with Gasteiger partial charge in [-0.15, -0.1) is 0 Å². The van der Waals surface area contributed by atoms with Gasteiger partial charge in [0.2, 0.25) is 0 Å². The molecule has 1 spiro atoms. The van der Waals surface area contributed by atoms with Crippen molar-refractivity contribution in [1.29, 1.82) is 0 Å². The zero-order chi connectivity index (χ0) is 36.1. The molecule has 2 aliphatic rings. The summed E-state index contributed by atoms with van der Waals surface area (Å²) < 4.78 is 0. The molecule has 0 atom stereocenters. The van der Waals surface area contributed by atoms with Crippen LogP contribution in [0, 0.1) is 0 Å². The van der Waals surface area contributed by atoms with Gasteiger partial charge in [0.05, 0.1) is 19.2 Å². The summed E-state index contributed by atoms with van der Waals surface area (Å²) in [7, 11) is -1.49. The Hall–Kier alpha value is -5.70. The van der Waals surface area contributed by atoms with Crippen molar-refractivity contribution in [2.75, 3.05) is 4.90 Å². The lowest BCUT2D eigenvalue weighted by atomic mass is 9.70. The van der Waals surface area contributed by atoms with Crippen molar-refractivity contribution in [2.45, 2.75) is 44.8 Å². The van der Waals surface area contributed by atoms with Crippen molar-refractivity contribution in [1.82, 2.24) is 0 Å². The summed E-state index contributed by atoms with van der Waals surface area (Å²) >= 11 is 0. The van der Waals surface area contributed by atoms with Crippen LogP contribution in [-0.2, 0) is 5.41 Å². The number of rotatable bonds is 5. The molecule has 0 radical (unpaired) electrons. The third kappa shape index (κ3) is 4.62. The molecule has 8 aromatic carbocycles. The fourth-order valence-electron chi connectivity index (χ4n) is 9.39. The Labute approximate surface area is 314 Å². The molecule has 0 fully saturated rings. The van der Waals surface area contributed by atoms with Crippen molar-refractivity contribution < 1.29 is 0 Å². The summed E-state index contributed by atoms with van der Waals surface area (Å²) in [6.45, 7) is 11.8. The fourth-order valence-corrected chi connectivity index (χ4v) is 10.6. The second-order valence-electron chi connectivity index (χ2n) is 16.3. The van der Waals surface area contributed by atoms with Gasteiger partial charge in [0.25, 0.3) is 0 Å². The number of hydrogen-bond acceptors (Lipinski definition) is 1. The summed E-state index contributed by atoms with van der Waals surface area (Å²) in [4.78, 5) is 2.51. The smallest absolute Gasteiger partial charge is 0.0775 e. The average molecular weight is 698 g/mol. The van der Waals surface area contributed by atoms with Gasteiger partial charge >= 0.3 is 0 Å². The molecule has 0 saturated carbocycles. The van der Waals surface area contributed by atoms with E-state index in [1.165, 1.54) is 93.9 Å². The maximum absolute atomic E-state index is 2.56. The normalized spacial score (nSPS) is 13.7. The van der Waals surface area contributed by atoms with E-state index in [0.717, 1.165) is 0 Å². The topological polar surface area (TPSA) is 3.24 Å². The van der Waals surface area contributed by atoms with Crippen LogP contribution in [0.1, 0.15) is 47.6 Å². The van der Waals surface area contributed by atoms with E-state index in [0.29, 0.717) is 5.92 Å². The monoisotopic (exact) mass is 697 g/mol. The minimum Gasteiger partial charge on any atom is -0.310 e. The summed E-state index contributed by atoms with van der Waals surface area (Å²) in [5, 5.41) is 6.56. The third-order valence-corrected chi connectivity index (χ3v) is 14.1. The van der Waals surface area contributed by atoms with Gasteiger partial charge in [0, 0.05) is 16.8 Å². The maximum Gasteiger partial charge on any atom is 0.0775 e. The number of fused-ring (bicyclic) bond motifs is 13. The van der Waals surface area contributed by atoms with E-state index in [2.05, 4.69) is 202 Å². The highest BCUT2D eigenvalue weighted by atomic mass is 28.3. The van der Waals surface area contributed by atoms with Crippen molar-refractivity contribution >= 4 is 51.9 Å². The summed E-state index contributed by atoms with van der Waals surface area (Å²) in [6.07, 6.45) is 0. The molecule has 8 aromatic rings. The van der Waals surface area contributed by atoms with Crippen LogP contribution in [-0.4, -0.2) is 8.07 Å². The van der Waals surface area contributed by atoms with E-state index < -0.39 is 13.5 Å². The van der Waals surface area contributed by atoms with Gasteiger partial charge < -0.3 is 4.90 Å². The second-order valence-corrected chi connectivity index (χ2v) is 21.4. The average Bonchev–Trinajstić information content (AvgIpc) is 3.64. The molecule has 0 N–H and O–H groups in total. The molecule has 0 amide bonds. The fraction of sp³-hybridized carbons (Fsp3) is 0.137. The molecule has 0 heterocycles. The molecule has 0 aromatic heterocycles. The van der Waals surface area contributed by atoms with E-state index in [9.17, 15) is 0 Å². The number of nitrogens with zero attached hydrogens (tertiary/aromatic N) is 1. The first-order valence-corrected chi connectivity index (χ1v) is 22.5. The molecule has 256 valence electrons. The quantitative estimate of drug-likeness (QED) is 0.162. The molecule has 0 aliphatic heterocycles. The lowest BCUT2D eigenvalue weighted by molar-refractivity contribution is 0.795. The van der Waals surface area contributed by atoms with Crippen LogP contribution in [0.15, 0.2) is 164 Å². The van der Waals surface area contributed by atoms with E-state index >= 15 is 0 Å². The standard InChI is InChI=1S/C51H43NSi/c1-33(2)34-22-24-37(25-23-34)52(38-26-28-39(29-27-38)53(3,4)5)49-32-48-50(43-19-9-8-18-42(43)49)44-30-35-14-6-7-15-36(35)31-47(44)51(48)45-20-12-10-16-40(45)41-17-11-13-21-46(41)51/h6-33H,1-5H3. The molecule has 2 aliphatic carbocycles. The van der Waals surface area contributed by atoms with Crippen LogP contribution in [0.25, 0.3) is 43.8 Å². The third-order valence-electron chi connectivity index (χ3n) is 12.0. The Morgan fingerprint density at radius 3 is 1.60 bits per heavy atom. The zero-order valence-corrected chi connectivity index (χ0v) is 32.1. The molecule has 0 unspecified atom stereocenters. The van der Waals surface area contributed by atoms with Crippen LogP contribution in [0.2, 0.25) is 19.6 Å². The second kappa shape index (κ2) is 11.7. The zero-order valence-electron chi connectivity index (χ0n) is 31.1. The Bertz CT molecular complexity index is 2680. The molecular weight excluding hydrogens is 655 g/mol. The van der Waals surface area contributed by atoms with Gasteiger partial charge in [-0.05, 0) is 115 Å². The Morgan fingerprint density at radius 2 is 1.00 bits per heavy atom. The molecule has 2 heteroatoms. The van der Waals surface area contributed by atoms with Gasteiger partial charge in [-0.25, -0.2) is 0 Å². The van der Waals surface area contributed by atoms with Crippen molar-refractivity contribution in [3.05, 3.63) is 192 Å². The maximum atomic E-state index is 2.56. The molecular formula is C51H43NSi. The van der Waals surface area contributed by atoms with Crippen molar-refractivity contribution in [2.24, 2.45) is 0 Å². The molecule has 10 rings (SSSR count). The lowest BCUT2D eigenvalue weighted by Crippen LogP contribution is -2.37. The highest BCUT2D eigenvalue weighted by Gasteiger charge is 2.52. The van der Waals surface area contributed by atoms with Crippen LogP contribution in [0.5, 0.6) is 0 Å². The minimum absolute atomic E-state index is 0.463. The minimum atomic E-state index is -1.49. The Kier molecular flexibility index (Phi) is 7.03. The van der Waals surface area contributed by atoms with E-state index in [4.69, 9.17) is 0 Å². The molecule has 0 bridgehead atoms. The van der Waals surface area contributed by atoms with Crippen LogP contribution in [0.3, 0.4) is 0 Å². The van der Waals surface area contributed by atoms with Crippen LogP contribution >= 0.6 is 0 Å². The summed E-state index contributed by atoms with van der Waals surface area (Å²) in [6, 6.07) is 62.5. The number of hydrogen-bond donors (Lipinski definition) is 0. The predicted molar refractivity (Wildman–Crippen MR) is 230 cm³/mol.